The van der Waals surface area contributed by atoms with Crippen molar-refractivity contribution < 1.29 is 14.3 Å². The van der Waals surface area contributed by atoms with Gasteiger partial charge in [-0.15, -0.1) is 0 Å². The van der Waals surface area contributed by atoms with Crippen LogP contribution in [0, 0.1) is 0 Å². The van der Waals surface area contributed by atoms with Crippen LogP contribution in [0.15, 0.2) is 42.6 Å². The standard InChI is InChI=1S/C20H24N4O3/c1-2-27-20(26)17-6-4-3-5-15(17)13-19(25)24-11-9-23(10-12-24)18-8-7-16(21)14-22-18/h3-8,14H,2,9-13,21H2,1H3. The van der Waals surface area contributed by atoms with Crippen molar-refractivity contribution in [1.82, 2.24) is 9.88 Å². The van der Waals surface area contributed by atoms with Gasteiger partial charge in [-0.05, 0) is 30.7 Å². The summed E-state index contributed by atoms with van der Waals surface area (Å²) in [4.78, 5) is 33.1. The Morgan fingerprint density at radius 1 is 1.11 bits per heavy atom. The lowest BCUT2D eigenvalue weighted by atomic mass is 10.0. The van der Waals surface area contributed by atoms with Gasteiger partial charge >= 0.3 is 5.97 Å². The maximum Gasteiger partial charge on any atom is 0.338 e. The number of nitrogens with zero attached hydrogens (tertiary/aromatic N) is 3. The molecule has 1 aliphatic heterocycles. The van der Waals surface area contributed by atoms with Crippen LogP contribution >= 0.6 is 0 Å². The zero-order chi connectivity index (χ0) is 19.2. The molecule has 7 heteroatoms. The number of carbonyl (C=O) groups is 2. The van der Waals surface area contributed by atoms with Gasteiger partial charge in [0.1, 0.15) is 5.82 Å². The molecule has 7 nitrogen and oxygen atoms in total. The highest BCUT2D eigenvalue weighted by Gasteiger charge is 2.23. The van der Waals surface area contributed by atoms with E-state index in [4.69, 9.17) is 10.5 Å². The summed E-state index contributed by atoms with van der Waals surface area (Å²) in [7, 11) is 0. The first-order valence-electron chi connectivity index (χ1n) is 9.07. The third kappa shape index (κ3) is 4.55. The van der Waals surface area contributed by atoms with Gasteiger partial charge < -0.3 is 20.3 Å². The van der Waals surface area contributed by atoms with E-state index in [0.29, 0.717) is 49.6 Å². The van der Waals surface area contributed by atoms with Gasteiger partial charge in [0.2, 0.25) is 5.91 Å². The number of hydrogen-bond donors (Lipinski definition) is 1. The maximum absolute atomic E-state index is 12.7. The first kappa shape index (κ1) is 18.7. The highest BCUT2D eigenvalue weighted by molar-refractivity contribution is 5.93. The van der Waals surface area contributed by atoms with Crippen molar-refractivity contribution in [2.75, 3.05) is 43.4 Å². The smallest absolute Gasteiger partial charge is 0.338 e. The topological polar surface area (TPSA) is 88.8 Å². The lowest BCUT2D eigenvalue weighted by Crippen LogP contribution is -2.49. The summed E-state index contributed by atoms with van der Waals surface area (Å²) in [5, 5.41) is 0. The summed E-state index contributed by atoms with van der Waals surface area (Å²) in [6.07, 6.45) is 1.83. The number of rotatable bonds is 5. The molecule has 0 aliphatic carbocycles. The summed E-state index contributed by atoms with van der Waals surface area (Å²) in [6, 6.07) is 10.8. The van der Waals surface area contributed by atoms with Crippen molar-refractivity contribution in [2.45, 2.75) is 13.3 Å². The van der Waals surface area contributed by atoms with Crippen molar-refractivity contribution >= 4 is 23.4 Å². The number of carbonyl (C=O) groups excluding carboxylic acids is 2. The fourth-order valence-corrected chi connectivity index (χ4v) is 3.13. The molecule has 2 N–H and O–H groups in total. The molecule has 0 radical (unpaired) electrons. The molecule has 1 saturated heterocycles. The van der Waals surface area contributed by atoms with E-state index in [2.05, 4.69) is 9.88 Å². The average Bonchev–Trinajstić information content (AvgIpc) is 2.69. The summed E-state index contributed by atoms with van der Waals surface area (Å²) >= 11 is 0. The summed E-state index contributed by atoms with van der Waals surface area (Å²) in [5.74, 6) is 0.487. The molecule has 3 rings (SSSR count). The number of aromatic nitrogens is 1. The molecule has 2 heterocycles. The fourth-order valence-electron chi connectivity index (χ4n) is 3.13. The van der Waals surface area contributed by atoms with Crippen molar-refractivity contribution in [3.8, 4) is 0 Å². The second kappa shape index (κ2) is 8.53. The van der Waals surface area contributed by atoms with E-state index in [1.807, 2.05) is 23.1 Å². The van der Waals surface area contributed by atoms with E-state index < -0.39 is 0 Å². The van der Waals surface area contributed by atoms with Crippen LogP contribution in [0.4, 0.5) is 11.5 Å². The van der Waals surface area contributed by atoms with Crippen LogP contribution in [0.1, 0.15) is 22.8 Å². The molecule has 0 bridgehead atoms. The highest BCUT2D eigenvalue weighted by Crippen LogP contribution is 2.17. The van der Waals surface area contributed by atoms with Crippen LogP contribution in [0.3, 0.4) is 0 Å². The number of nitrogens with two attached hydrogens (primary N) is 1. The number of piperazine rings is 1. The quantitative estimate of drug-likeness (QED) is 0.809. The van der Waals surface area contributed by atoms with Crippen LogP contribution in [-0.2, 0) is 16.0 Å². The van der Waals surface area contributed by atoms with E-state index in [9.17, 15) is 9.59 Å². The SMILES string of the molecule is CCOC(=O)c1ccccc1CC(=O)N1CCN(c2ccc(N)cn2)CC1. The summed E-state index contributed by atoms with van der Waals surface area (Å²) < 4.78 is 5.08. The Balaban J connectivity index is 1.60. The Morgan fingerprint density at radius 2 is 1.85 bits per heavy atom. The molecule has 0 atom stereocenters. The Bertz CT molecular complexity index is 799. The molecule has 1 amide bonds. The normalized spacial score (nSPS) is 14.1. The van der Waals surface area contributed by atoms with Gasteiger partial charge in [-0.2, -0.15) is 0 Å². The van der Waals surface area contributed by atoms with E-state index in [0.717, 1.165) is 5.82 Å². The first-order valence-corrected chi connectivity index (χ1v) is 9.07. The fraction of sp³-hybridized carbons (Fsp3) is 0.350. The Hall–Kier alpha value is -3.09. The van der Waals surface area contributed by atoms with Crippen LogP contribution in [0.25, 0.3) is 0 Å². The molecule has 1 aromatic heterocycles. The number of benzene rings is 1. The van der Waals surface area contributed by atoms with E-state index in [1.54, 1.807) is 31.3 Å². The molecule has 1 fully saturated rings. The monoisotopic (exact) mass is 368 g/mol. The number of anilines is 2. The molecule has 142 valence electrons. The van der Waals surface area contributed by atoms with Crippen molar-refractivity contribution in [3.05, 3.63) is 53.7 Å². The van der Waals surface area contributed by atoms with E-state index in [-0.39, 0.29) is 18.3 Å². The Kier molecular flexibility index (Phi) is 5.90. The number of ether oxygens (including phenoxy) is 1. The second-order valence-corrected chi connectivity index (χ2v) is 6.37. The van der Waals surface area contributed by atoms with Crippen LogP contribution in [-0.4, -0.2) is 54.5 Å². The average molecular weight is 368 g/mol. The molecular weight excluding hydrogens is 344 g/mol. The maximum atomic E-state index is 12.7. The number of hydrogen-bond acceptors (Lipinski definition) is 6. The van der Waals surface area contributed by atoms with Crippen molar-refractivity contribution in [2.24, 2.45) is 0 Å². The third-order valence-corrected chi connectivity index (χ3v) is 4.58. The van der Waals surface area contributed by atoms with Crippen LogP contribution in [0.5, 0.6) is 0 Å². The van der Waals surface area contributed by atoms with Crippen molar-refractivity contribution in [1.29, 1.82) is 0 Å². The predicted octanol–water partition coefficient (Wildman–Crippen LogP) is 1.73. The molecule has 2 aromatic rings. The van der Waals surface area contributed by atoms with E-state index >= 15 is 0 Å². The van der Waals surface area contributed by atoms with Gasteiger partial charge in [-0.3, -0.25) is 4.79 Å². The summed E-state index contributed by atoms with van der Waals surface area (Å²) in [6.45, 7) is 4.73. The van der Waals surface area contributed by atoms with E-state index in [1.165, 1.54) is 0 Å². The molecule has 27 heavy (non-hydrogen) atoms. The third-order valence-electron chi connectivity index (χ3n) is 4.58. The number of nitrogen functional groups attached to an aromatic ring is 1. The largest absolute Gasteiger partial charge is 0.462 e. The second-order valence-electron chi connectivity index (χ2n) is 6.37. The van der Waals surface area contributed by atoms with Gasteiger partial charge in [-0.1, -0.05) is 18.2 Å². The minimum Gasteiger partial charge on any atom is -0.462 e. The summed E-state index contributed by atoms with van der Waals surface area (Å²) in [5.41, 5.74) is 7.46. The van der Waals surface area contributed by atoms with Gasteiger partial charge in [0.25, 0.3) is 0 Å². The minimum atomic E-state index is -0.389. The predicted molar refractivity (Wildman–Crippen MR) is 104 cm³/mol. The molecule has 1 aromatic carbocycles. The Morgan fingerprint density at radius 3 is 2.52 bits per heavy atom. The molecule has 1 aliphatic rings. The molecule has 0 spiro atoms. The van der Waals surface area contributed by atoms with Crippen LogP contribution < -0.4 is 10.6 Å². The first-order chi connectivity index (χ1) is 13.1. The van der Waals surface area contributed by atoms with Crippen LogP contribution in [0.2, 0.25) is 0 Å². The van der Waals surface area contributed by atoms with Crippen molar-refractivity contribution in [3.63, 3.8) is 0 Å². The molecular formula is C20H24N4O3. The zero-order valence-corrected chi connectivity index (χ0v) is 15.4. The number of amides is 1. The lowest BCUT2D eigenvalue weighted by molar-refractivity contribution is -0.130. The molecule has 0 unspecified atom stereocenters. The number of pyridine rings is 1. The number of esters is 1. The zero-order valence-electron chi connectivity index (χ0n) is 15.4. The Labute approximate surface area is 158 Å². The van der Waals surface area contributed by atoms with Gasteiger partial charge in [0.15, 0.2) is 0 Å². The molecule has 0 saturated carbocycles. The lowest BCUT2D eigenvalue weighted by Gasteiger charge is -2.35. The van der Waals surface area contributed by atoms with Gasteiger partial charge in [-0.25, -0.2) is 9.78 Å². The van der Waals surface area contributed by atoms with Gasteiger partial charge in [0, 0.05) is 26.2 Å². The minimum absolute atomic E-state index is 0.0108. The van der Waals surface area contributed by atoms with Gasteiger partial charge in [0.05, 0.1) is 30.5 Å². The highest BCUT2D eigenvalue weighted by atomic mass is 16.5.